The molecule has 0 saturated heterocycles. The van der Waals surface area contributed by atoms with Crippen molar-refractivity contribution in [1.29, 1.82) is 0 Å². The third-order valence-electron chi connectivity index (χ3n) is 2.10. The smallest absolute Gasteiger partial charge is 0.328 e. The summed E-state index contributed by atoms with van der Waals surface area (Å²) in [5.74, 6) is -0.730. The van der Waals surface area contributed by atoms with Gasteiger partial charge in [0.25, 0.3) is 5.91 Å². The zero-order chi connectivity index (χ0) is 12.8. The van der Waals surface area contributed by atoms with Gasteiger partial charge in [0.1, 0.15) is 12.9 Å². The molecule has 0 fully saturated rings. The van der Waals surface area contributed by atoms with Crippen LogP contribution in [0.5, 0.6) is 0 Å². The SMILES string of the molecule is CCN(C)C(=O)COC(=O)Cn1cnc(N)n1. The summed E-state index contributed by atoms with van der Waals surface area (Å²) in [6.45, 7) is 2.01. The van der Waals surface area contributed by atoms with E-state index in [1.165, 1.54) is 15.9 Å². The van der Waals surface area contributed by atoms with Crippen molar-refractivity contribution in [2.24, 2.45) is 0 Å². The lowest BCUT2D eigenvalue weighted by atomic mass is 10.5. The van der Waals surface area contributed by atoms with Gasteiger partial charge < -0.3 is 15.4 Å². The van der Waals surface area contributed by atoms with Gasteiger partial charge in [-0.1, -0.05) is 0 Å². The zero-order valence-electron chi connectivity index (χ0n) is 9.79. The first-order valence-corrected chi connectivity index (χ1v) is 5.07. The molecule has 8 nitrogen and oxygen atoms in total. The van der Waals surface area contributed by atoms with Gasteiger partial charge in [0.05, 0.1) is 0 Å². The Morgan fingerprint density at radius 2 is 2.29 bits per heavy atom. The summed E-state index contributed by atoms with van der Waals surface area (Å²) in [6, 6.07) is 0. The van der Waals surface area contributed by atoms with Crippen LogP contribution in [0.15, 0.2) is 6.33 Å². The van der Waals surface area contributed by atoms with Crippen LogP contribution in [0.4, 0.5) is 5.95 Å². The van der Waals surface area contributed by atoms with Crippen molar-refractivity contribution in [2.45, 2.75) is 13.5 Å². The molecule has 1 amide bonds. The third kappa shape index (κ3) is 4.09. The van der Waals surface area contributed by atoms with E-state index in [1.807, 2.05) is 6.92 Å². The number of anilines is 1. The summed E-state index contributed by atoms with van der Waals surface area (Å²) in [7, 11) is 1.63. The summed E-state index contributed by atoms with van der Waals surface area (Å²) in [5.41, 5.74) is 5.28. The Bertz CT molecular complexity index is 403. The summed E-state index contributed by atoms with van der Waals surface area (Å²) in [6.07, 6.45) is 1.32. The lowest BCUT2D eigenvalue weighted by molar-refractivity contribution is -0.152. The van der Waals surface area contributed by atoms with Crippen molar-refractivity contribution in [3.63, 3.8) is 0 Å². The number of nitrogen functional groups attached to an aromatic ring is 1. The van der Waals surface area contributed by atoms with E-state index >= 15 is 0 Å². The fourth-order valence-corrected chi connectivity index (χ4v) is 0.992. The number of carbonyl (C=O) groups excluding carboxylic acids is 2. The first-order valence-electron chi connectivity index (χ1n) is 5.07. The molecule has 94 valence electrons. The predicted molar refractivity (Wildman–Crippen MR) is 58.7 cm³/mol. The second kappa shape index (κ2) is 5.83. The molecule has 0 unspecified atom stereocenters. The van der Waals surface area contributed by atoms with Crippen LogP contribution in [0.1, 0.15) is 6.92 Å². The molecule has 17 heavy (non-hydrogen) atoms. The van der Waals surface area contributed by atoms with Crippen LogP contribution in [0.25, 0.3) is 0 Å². The van der Waals surface area contributed by atoms with Gasteiger partial charge in [0, 0.05) is 13.6 Å². The molecule has 2 N–H and O–H groups in total. The zero-order valence-corrected chi connectivity index (χ0v) is 9.79. The second-order valence-corrected chi connectivity index (χ2v) is 3.37. The molecule has 8 heteroatoms. The Morgan fingerprint density at radius 1 is 1.59 bits per heavy atom. The molecule has 1 aromatic heterocycles. The number of esters is 1. The number of rotatable bonds is 5. The molecular formula is C9H15N5O3. The van der Waals surface area contributed by atoms with Gasteiger partial charge in [-0.25, -0.2) is 9.67 Å². The monoisotopic (exact) mass is 241 g/mol. The Balaban J connectivity index is 2.33. The van der Waals surface area contributed by atoms with E-state index in [4.69, 9.17) is 10.5 Å². The highest BCUT2D eigenvalue weighted by Gasteiger charge is 2.11. The van der Waals surface area contributed by atoms with Gasteiger partial charge in [-0.05, 0) is 6.92 Å². The molecule has 0 spiro atoms. The Hall–Kier alpha value is -2.12. The van der Waals surface area contributed by atoms with Gasteiger partial charge in [-0.3, -0.25) is 9.59 Å². The van der Waals surface area contributed by atoms with Crippen molar-refractivity contribution in [3.05, 3.63) is 6.33 Å². The van der Waals surface area contributed by atoms with Crippen molar-refractivity contribution in [1.82, 2.24) is 19.7 Å². The quantitative estimate of drug-likeness (QED) is 0.655. The molecular weight excluding hydrogens is 226 g/mol. The van der Waals surface area contributed by atoms with E-state index in [0.717, 1.165) is 0 Å². The van der Waals surface area contributed by atoms with Crippen LogP contribution in [-0.4, -0.2) is 51.7 Å². The molecule has 0 atom stereocenters. The minimum absolute atomic E-state index is 0.0830. The van der Waals surface area contributed by atoms with Crippen LogP contribution in [-0.2, 0) is 20.9 Å². The molecule has 0 aromatic carbocycles. The van der Waals surface area contributed by atoms with Crippen LogP contribution < -0.4 is 5.73 Å². The first-order chi connectivity index (χ1) is 8.02. The van der Waals surface area contributed by atoms with E-state index in [-0.39, 0.29) is 25.0 Å². The van der Waals surface area contributed by atoms with Crippen molar-refractivity contribution in [3.8, 4) is 0 Å². The lowest BCUT2D eigenvalue weighted by Crippen LogP contribution is -2.31. The molecule has 0 bridgehead atoms. The number of carbonyl (C=O) groups is 2. The van der Waals surface area contributed by atoms with E-state index in [2.05, 4.69) is 10.1 Å². The molecule has 0 saturated carbocycles. The molecule has 0 aliphatic rings. The lowest BCUT2D eigenvalue weighted by Gasteiger charge is -2.13. The Labute approximate surface area is 98.3 Å². The Morgan fingerprint density at radius 3 is 2.82 bits per heavy atom. The first kappa shape index (κ1) is 12.9. The molecule has 1 heterocycles. The fraction of sp³-hybridized carbons (Fsp3) is 0.556. The average molecular weight is 241 g/mol. The average Bonchev–Trinajstić information content (AvgIpc) is 2.70. The standard InChI is InChI=1S/C9H15N5O3/c1-3-13(2)7(15)5-17-8(16)4-14-6-11-9(10)12-14/h6H,3-5H2,1-2H3,(H2,10,12). The summed E-state index contributed by atoms with van der Waals surface area (Å²) in [5, 5.41) is 3.72. The molecule has 0 radical (unpaired) electrons. The van der Waals surface area contributed by atoms with Crippen LogP contribution in [0.2, 0.25) is 0 Å². The van der Waals surface area contributed by atoms with Gasteiger partial charge in [0.2, 0.25) is 5.95 Å². The molecule has 1 rings (SSSR count). The van der Waals surface area contributed by atoms with E-state index < -0.39 is 5.97 Å². The fourth-order valence-electron chi connectivity index (χ4n) is 0.992. The summed E-state index contributed by atoms with van der Waals surface area (Å²) in [4.78, 5) is 27.8. The summed E-state index contributed by atoms with van der Waals surface area (Å²) < 4.78 is 6.02. The largest absolute Gasteiger partial charge is 0.454 e. The number of nitrogens with zero attached hydrogens (tertiary/aromatic N) is 4. The Kier molecular flexibility index (Phi) is 4.44. The highest BCUT2D eigenvalue weighted by molar-refractivity contribution is 5.80. The summed E-state index contributed by atoms with van der Waals surface area (Å²) >= 11 is 0. The van der Waals surface area contributed by atoms with E-state index in [9.17, 15) is 9.59 Å². The number of nitrogens with two attached hydrogens (primary N) is 1. The van der Waals surface area contributed by atoms with Crippen molar-refractivity contribution < 1.29 is 14.3 Å². The van der Waals surface area contributed by atoms with E-state index in [1.54, 1.807) is 7.05 Å². The number of aromatic nitrogens is 3. The minimum atomic E-state index is -0.562. The van der Waals surface area contributed by atoms with Gasteiger partial charge in [-0.15, -0.1) is 5.10 Å². The van der Waals surface area contributed by atoms with Crippen molar-refractivity contribution in [2.75, 3.05) is 25.9 Å². The molecule has 1 aromatic rings. The minimum Gasteiger partial charge on any atom is -0.454 e. The highest BCUT2D eigenvalue weighted by Crippen LogP contribution is 1.92. The number of likely N-dealkylation sites (N-methyl/N-ethyl adjacent to an activating group) is 1. The number of ether oxygens (including phenoxy) is 1. The van der Waals surface area contributed by atoms with Crippen molar-refractivity contribution >= 4 is 17.8 Å². The second-order valence-electron chi connectivity index (χ2n) is 3.37. The number of hydrogen-bond donors (Lipinski definition) is 1. The highest BCUT2D eigenvalue weighted by atomic mass is 16.5. The molecule has 0 aliphatic carbocycles. The van der Waals surface area contributed by atoms with Crippen LogP contribution in [0.3, 0.4) is 0 Å². The normalized spacial score (nSPS) is 10.0. The predicted octanol–water partition coefficient (Wildman–Crippen LogP) is -1.12. The maximum atomic E-state index is 11.3. The van der Waals surface area contributed by atoms with Gasteiger partial charge >= 0.3 is 5.97 Å². The number of amides is 1. The van der Waals surface area contributed by atoms with Gasteiger partial charge in [0.15, 0.2) is 6.61 Å². The van der Waals surface area contributed by atoms with Crippen LogP contribution >= 0.6 is 0 Å². The molecule has 0 aliphatic heterocycles. The number of hydrogen-bond acceptors (Lipinski definition) is 6. The van der Waals surface area contributed by atoms with Gasteiger partial charge in [-0.2, -0.15) is 0 Å². The van der Waals surface area contributed by atoms with E-state index in [0.29, 0.717) is 6.54 Å². The third-order valence-corrected chi connectivity index (χ3v) is 2.10. The maximum absolute atomic E-state index is 11.3. The topological polar surface area (TPSA) is 103 Å². The maximum Gasteiger partial charge on any atom is 0.328 e. The van der Waals surface area contributed by atoms with Crippen LogP contribution in [0, 0.1) is 0 Å².